The van der Waals surface area contributed by atoms with E-state index < -0.39 is 12.1 Å². The Labute approximate surface area is 217 Å². The topological polar surface area (TPSA) is 96.0 Å². The highest BCUT2D eigenvalue weighted by molar-refractivity contribution is 9.10. The zero-order valence-corrected chi connectivity index (χ0v) is 21.7. The Morgan fingerprint density at radius 3 is 2.29 bits per heavy atom. The van der Waals surface area contributed by atoms with Gasteiger partial charge in [-0.15, -0.1) is 10.2 Å². The summed E-state index contributed by atoms with van der Waals surface area (Å²) in [7, 11) is 0. The van der Waals surface area contributed by atoms with Gasteiger partial charge in [0.25, 0.3) is 0 Å². The van der Waals surface area contributed by atoms with Crippen molar-refractivity contribution in [3.8, 4) is 10.6 Å². The Bertz CT molecular complexity index is 1280. The van der Waals surface area contributed by atoms with E-state index in [9.17, 15) is 9.59 Å². The number of nitrogens with one attached hydrogen (secondary N) is 3. The lowest BCUT2D eigenvalue weighted by Gasteiger charge is -2.18. The molecule has 0 saturated carbocycles. The van der Waals surface area contributed by atoms with E-state index in [0.29, 0.717) is 22.2 Å². The number of carbonyl (C=O) groups is 2. The number of anilines is 2. The Morgan fingerprint density at radius 1 is 0.853 bits per heavy atom. The van der Waals surface area contributed by atoms with E-state index in [4.69, 9.17) is 0 Å². The second kappa shape index (κ2) is 11.4. The third-order valence-corrected chi connectivity index (χ3v) is 6.88. The maximum Gasteiger partial charge on any atom is 0.319 e. The molecule has 4 aromatic rings. The summed E-state index contributed by atoms with van der Waals surface area (Å²) in [6.07, 6.45) is 0.314. The van der Waals surface area contributed by atoms with Crippen LogP contribution in [0.1, 0.15) is 5.56 Å². The minimum atomic E-state index is -0.829. The highest BCUT2D eigenvalue weighted by Gasteiger charge is 2.23. The van der Waals surface area contributed by atoms with E-state index in [0.717, 1.165) is 20.1 Å². The third-order valence-electron chi connectivity index (χ3n) is 4.77. The zero-order valence-electron chi connectivity index (χ0n) is 17.7. The number of amides is 3. The first-order valence-corrected chi connectivity index (χ1v) is 12.6. The normalized spacial score (nSPS) is 11.5. The molecule has 10 heteroatoms. The van der Waals surface area contributed by atoms with Crippen molar-refractivity contribution in [1.29, 1.82) is 0 Å². The van der Waals surface area contributed by atoms with E-state index in [1.165, 1.54) is 11.3 Å². The largest absolute Gasteiger partial charge is 0.326 e. The molecule has 34 heavy (non-hydrogen) atoms. The lowest BCUT2D eigenvalue weighted by atomic mass is 10.1. The second-order valence-electron chi connectivity index (χ2n) is 7.23. The highest BCUT2D eigenvalue weighted by Crippen LogP contribution is 2.27. The molecule has 7 nitrogen and oxygen atoms in total. The number of nitrogens with zero attached hydrogens (tertiary/aromatic N) is 2. The molecule has 0 aliphatic rings. The molecular weight excluding hydrogens is 582 g/mol. The van der Waals surface area contributed by atoms with Crippen molar-refractivity contribution in [2.45, 2.75) is 12.5 Å². The van der Waals surface area contributed by atoms with Crippen LogP contribution in [0.2, 0.25) is 0 Å². The van der Waals surface area contributed by atoms with Gasteiger partial charge in [0.15, 0.2) is 0 Å². The number of carbonyl (C=O) groups excluding carboxylic acids is 2. The van der Waals surface area contributed by atoms with Crippen molar-refractivity contribution in [2.75, 3.05) is 10.6 Å². The van der Waals surface area contributed by atoms with Gasteiger partial charge in [-0.2, -0.15) is 0 Å². The van der Waals surface area contributed by atoms with Gasteiger partial charge < -0.3 is 10.6 Å². The summed E-state index contributed by atoms with van der Waals surface area (Å²) in [6, 6.07) is 23.1. The molecule has 0 unspecified atom stereocenters. The van der Waals surface area contributed by atoms with E-state index >= 15 is 0 Å². The summed E-state index contributed by atoms with van der Waals surface area (Å²) in [4.78, 5) is 25.8. The smallest absolute Gasteiger partial charge is 0.319 e. The second-order valence-corrected chi connectivity index (χ2v) is 9.98. The predicted octanol–water partition coefficient (Wildman–Crippen LogP) is 6.10. The van der Waals surface area contributed by atoms with Crippen LogP contribution in [0.3, 0.4) is 0 Å². The molecule has 3 amide bonds. The zero-order chi connectivity index (χ0) is 23.9. The van der Waals surface area contributed by atoms with Gasteiger partial charge in [0.05, 0.1) is 5.69 Å². The minimum Gasteiger partial charge on any atom is -0.326 e. The van der Waals surface area contributed by atoms with Gasteiger partial charge in [-0.3, -0.25) is 10.1 Å². The fourth-order valence-electron chi connectivity index (χ4n) is 3.11. The van der Waals surface area contributed by atoms with Gasteiger partial charge in [-0.1, -0.05) is 81.9 Å². The van der Waals surface area contributed by atoms with Gasteiger partial charge in [0.2, 0.25) is 11.0 Å². The van der Waals surface area contributed by atoms with E-state index in [1.54, 1.807) is 6.07 Å². The first-order valence-electron chi connectivity index (χ1n) is 10.2. The molecule has 1 atom stereocenters. The molecule has 0 bridgehead atoms. The Kier molecular flexibility index (Phi) is 8.04. The molecule has 0 fully saturated rings. The van der Waals surface area contributed by atoms with Crippen LogP contribution in [0.25, 0.3) is 10.6 Å². The van der Waals surface area contributed by atoms with Crippen LogP contribution < -0.4 is 16.0 Å². The van der Waals surface area contributed by atoms with Crippen LogP contribution in [0.5, 0.6) is 0 Å². The number of para-hydroxylation sites is 1. The fourth-order valence-corrected chi connectivity index (χ4v) is 4.51. The summed E-state index contributed by atoms with van der Waals surface area (Å²) < 4.78 is 1.70. The van der Waals surface area contributed by atoms with Crippen molar-refractivity contribution in [3.05, 3.63) is 93.4 Å². The molecule has 0 radical (unpaired) electrons. The number of hydrogen-bond donors (Lipinski definition) is 3. The molecule has 4 rings (SSSR count). The first-order chi connectivity index (χ1) is 16.5. The molecule has 3 aromatic carbocycles. The minimum absolute atomic E-state index is 0.314. The monoisotopic (exact) mass is 599 g/mol. The average molecular weight is 601 g/mol. The van der Waals surface area contributed by atoms with Gasteiger partial charge in [0.1, 0.15) is 11.0 Å². The van der Waals surface area contributed by atoms with Crippen molar-refractivity contribution in [1.82, 2.24) is 15.5 Å². The molecule has 0 aliphatic carbocycles. The van der Waals surface area contributed by atoms with E-state index in [-0.39, 0.29) is 5.91 Å². The van der Waals surface area contributed by atoms with Crippen LogP contribution in [-0.4, -0.2) is 28.2 Å². The fraction of sp³-hybridized carbons (Fsp3) is 0.0833. The summed E-state index contributed by atoms with van der Waals surface area (Å²) in [5.74, 6) is -0.385. The maximum atomic E-state index is 13.1. The summed E-state index contributed by atoms with van der Waals surface area (Å²) in [6.45, 7) is 0. The highest BCUT2D eigenvalue weighted by atomic mass is 79.9. The van der Waals surface area contributed by atoms with Crippen molar-refractivity contribution in [2.24, 2.45) is 0 Å². The van der Waals surface area contributed by atoms with Gasteiger partial charge in [0, 0.05) is 20.9 Å². The lowest BCUT2D eigenvalue weighted by Crippen LogP contribution is -2.47. The maximum absolute atomic E-state index is 13.1. The number of hydrogen-bond acceptors (Lipinski definition) is 5. The lowest BCUT2D eigenvalue weighted by molar-refractivity contribution is -0.117. The van der Waals surface area contributed by atoms with Gasteiger partial charge in [-0.25, -0.2) is 4.79 Å². The molecule has 1 aromatic heterocycles. The molecule has 0 aliphatic heterocycles. The number of aromatic nitrogens is 2. The van der Waals surface area contributed by atoms with Crippen LogP contribution in [0, 0.1) is 0 Å². The molecule has 3 N–H and O–H groups in total. The number of benzene rings is 3. The molecule has 1 heterocycles. The number of halogens is 2. The molecular formula is C24H19Br2N5O2S. The Morgan fingerprint density at radius 2 is 1.56 bits per heavy atom. The van der Waals surface area contributed by atoms with Crippen LogP contribution >= 0.6 is 43.2 Å². The average Bonchev–Trinajstić information content (AvgIpc) is 3.29. The van der Waals surface area contributed by atoms with Crippen LogP contribution in [0.15, 0.2) is 87.8 Å². The summed E-state index contributed by atoms with van der Waals surface area (Å²) in [5.41, 5.74) is 2.41. The third kappa shape index (κ3) is 6.49. The molecule has 0 saturated heterocycles. The standard InChI is InChI=1S/C24H19Br2N5O2S/c25-17-12-10-16(11-13-17)22-30-31-24(34-22)29-21(32)20(14-15-6-2-1-3-7-15)28-23(33)27-19-9-5-4-8-18(19)26/h1-13,20H,14H2,(H2,27,28,33)(H,29,31,32)/t20-/m1/s1. The van der Waals surface area contributed by atoms with Crippen molar-refractivity contribution >= 4 is 66.0 Å². The van der Waals surface area contributed by atoms with Gasteiger partial charge in [-0.05, 0) is 45.8 Å². The quantitative estimate of drug-likeness (QED) is 0.239. The van der Waals surface area contributed by atoms with Crippen molar-refractivity contribution in [3.63, 3.8) is 0 Å². The molecule has 0 spiro atoms. The SMILES string of the molecule is O=C(Nc1ccccc1Br)N[C@H](Cc1ccccc1)C(=O)Nc1nnc(-c2ccc(Br)cc2)s1. The Hall–Kier alpha value is -3.08. The first kappa shape index (κ1) is 24.1. The summed E-state index contributed by atoms with van der Waals surface area (Å²) in [5, 5.41) is 17.6. The van der Waals surface area contributed by atoms with Gasteiger partial charge >= 0.3 is 6.03 Å². The number of rotatable bonds is 7. The number of urea groups is 1. The molecule has 172 valence electrons. The van der Waals surface area contributed by atoms with Crippen LogP contribution in [0.4, 0.5) is 15.6 Å². The van der Waals surface area contributed by atoms with Crippen LogP contribution in [-0.2, 0) is 11.2 Å². The summed E-state index contributed by atoms with van der Waals surface area (Å²) >= 11 is 8.08. The predicted molar refractivity (Wildman–Crippen MR) is 142 cm³/mol. The van der Waals surface area contributed by atoms with Crippen molar-refractivity contribution < 1.29 is 9.59 Å². The Balaban J connectivity index is 1.48. The van der Waals surface area contributed by atoms with E-state index in [2.05, 4.69) is 58.0 Å². The van der Waals surface area contributed by atoms with E-state index in [1.807, 2.05) is 72.8 Å².